The summed E-state index contributed by atoms with van der Waals surface area (Å²) in [7, 11) is 0. The van der Waals surface area contributed by atoms with E-state index in [4.69, 9.17) is 16.7 Å². The Morgan fingerprint density at radius 1 is 1.08 bits per heavy atom. The zero-order chi connectivity index (χ0) is 18.4. The average Bonchev–Trinajstić information content (AvgIpc) is 2.66. The van der Waals surface area contributed by atoms with Gasteiger partial charge < -0.3 is 15.7 Å². The Morgan fingerprint density at radius 2 is 1.96 bits per heavy atom. The molecule has 3 rings (SSSR count). The van der Waals surface area contributed by atoms with Crippen molar-refractivity contribution in [2.24, 2.45) is 0 Å². The second-order valence-electron chi connectivity index (χ2n) is 5.77. The van der Waals surface area contributed by atoms with Gasteiger partial charge in [0.25, 0.3) is 0 Å². The van der Waals surface area contributed by atoms with Crippen molar-refractivity contribution in [1.82, 2.24) is 15.0 Å². The first-order chi connectivity index (χ1) is 12.7. The van der Waals surface area contributed by atoms with Crippen molar-refractivity contribution >= 4 is 29.1 Å². The fourth-order valence-electron chi connectivity index (χ4n) is 2.33. The number of aliphatic hydroxyl groups is 1. The number of nitrogens with one attached hydrogen (secondary N) is 2. The number of nitrogens with zero attached hydrogens (tertiary/aromatic N) is 3. The van der Waals surface area contributed by atoms with Crippen LogP contribution in [0.5, 0.6) is 0 Å². The summed E-state index contributed by atoms with van der Waals surface area (Å²) in [5, 5.41) is 16.0. The Labute approximate surface area is 157 Å². The summed E-state index contributed by atoms with van der Waals surface area (Å²) in [6, 6.07) is 13.3. The van der Waals surface area contributed by atoms with Crippen LogP contribution < -0.4 is 10.6 Å². The van der Waals surface area contributed by atoms with Crippen molar-refractivity contribution < 1.29 is 5.11 Å². The van der Waals surface area contributed by atoms with E-state index < -0.39 is 0 Å². The molecule has 0 saturated carbocycles. The molecule has 0 amide bonds. The van der Waals surface area contributed by atoms with Crippen LogP contribution in [0.25, 0.3) is 11.4 Å². The van der Waals surface area contributed by atoms with Crippen LogP contribution >= 0.6 is 11.6 Å². The molecule has 26 heavy (non-hydrogen) atoms. The number of hydrogen-bond acceptors (Lipinski definition) is 6. The van der Waals surface area contributed by atoms with Gasteiger partial charge in [0.2, 0.25) is 5.95 Å². The number of rotatable bonds is 7. The summed E-state index contributed by atoms with van der Waals surface area (Å²) in [6.07, 6.45) is 2.34. The van der Waals surface area contributed by atoms with E-state index in [1.165, 1.54) is 0 Å². The van der Waals surface area contributed by atoms with Gasteiger partial charge in [-0.2, -0.15) is 4.98 Å². The van der Waals surface area contributed by atoms with Crippen molar-refractivity contribution in [2.75, 3.05) is 23.8 Å². The average molecular weight is 370 g/mol. The number of hydrogen-bond donors (Lipinski definition) is 3. The van der Waals surface area contributed by atoms with Crippen molar-refractivity contribution in [3.63, 3.8) is 0 Å². The van der Waals surface area contributed by atoms with E-state index in [1.54, 1.807) is 6.20 Å². The van der Waals surface area contributed by atoms with Gasteiger partial charge in [0.1, 0.15) is 5.82 Å². The normalized spacial score (nSPS) is 10.6. The van der Waals surface area contributed by atoms with E-state index in [2.05, 4.69) is 25.6 Å². The van der Waals surface area contributed by atoms with Crippen LogP contribution in [-0.2, 0) is 0 Å². The van der Waals surface area contributed by atoms with Crippen molar-refractivity contribution in [3.05, 3.63) is 59.2 Å². The lowest BCUT2D eigenvalue weighted by molar-refractivity contribution is 0.292. The molecule has 134 valence electrons. The number of benzene rings is 1. The monoisotopic (exact) mass is 369 g/mol. The Kier molecular flexibility index (Phi) is 5.99. The first kappa shape index (κ1) is 18.1. The molecular formula is C19H20ClN5O. The molecule has 3 N–H and O–H groups in total. The van der Waals surface area contributed by atoms with Crippen LogP contribution in [0.15, 0.2) is 48.7 Å². The summed E-state index contributed by atoms with van der Waals surface area (Å²) >= 11 is 6.20. The van der Waals surface area contributed by atoms with Crippen LogP contribution in [0.2, 0.25) is 5.02 Å². The molecule has 0 fully saturated rings. The van der Waals surface area contributed by atoms with Gasteiger partial charge in [-0.1, -0.05) is 23.7 Å². The molecule has 0 saturated heterocycles. The molecule has 2 aromatic heterocycles. The van der Waals surface area contributed by atoms with E-state index in [1.807, 2.05) is 49.4 Å². The number of aliphatic hydroxyl groups excluding tert-OH is 1. The molecule has 0 bridgehead atoms. The van der Waals surface area contributed by atoms with Crippen molar-refractivity contribution in [2.45, 2.75) is 13.3 Å². The minimum atomic E-state index is 0.111. The van der Waals surface area contributed by atoms with E-state index in [9.17, 15) is 0 Å². The van der Waals surface area contributed by atoms with Gasteiger partial charge in [-0.05, 0) is 43.2 Å². The molecule has 0 radical (unpaired) electrons. The van der Waals surface area contributed by atoms with Gasteiger partial charge >= 0.3 is 0 Å². The molecule has 0 aliphatic carbocycles. The summed E-state index contributed by atoms with van der Waals surface area (Å²) in [5.41, 5.74) is 3.31. The van der Waals surface area contributed by atoms with Gasteiger partial charge in [0.05, 0.1) is 11.4 Å². The molecule has 2 heterocycles. The molecule has 0 spiro atoms. The summed E-state index contributed by atoms with van der Waals surface area (Å²) < 4.78 is 0. The van der Waals surface area contributed by atoms with Gasteiger partial charge in [-0.25, -0.2) is 4.98 Å². The highest BCUT2D eigenvalue weighted by atomic mass is 35.5. The quantitative estimate of drug-likeness (QED) is 0.545. The second kappa shape index (κ2) is 8.60. The van der Waals surface area contributed by atoms with E-state index in [0.29, 0.717) is 35.4 Å². The van der Waals surface area contributed by atoms with Gasteiger partial charge in [-0.15, -0.1) is 0 Å². The lowest BCUT2D eigenvalue weighted by atomic mass is 10.2. The number of aryl methyl sites for hydroxylation is 1. The summed E-state index contributed by atoms with van der Waals surface area (Å²) in [6.45, 7) is 2.65. The Hall–Kier alpha value is -2.70. The Balaban J connectivity index is 1.91. The molecule has 7 heteroatoms. The molecular weight excluding hydrogens is 350 g/mol. The molecule has 3 aromatic rings. The molecule has 0 aliphatic heterocycles. The first-order valence-electron chi connectivity index (χ1n) is 8.34. The van der Waals surface area contributed by atoms with Crippen LogP contribution in [0.1, 0.15) is 12.0 Å². The zero-order valence-electron chi connectivity index (χ0n) is 14.4. The lowest BCUT2D eigenvalue weighted by Gasteiger charge is -2.11. The van der Waals surface area contributed by atoms with Gasteiger partial charge in [0, 0.05) is 36.1 Å². The molecule has 6 nitrogen and oxygen atoms in total. The highest BCUT2D eigenvalue weighted by Crippen LogP contribution is 2.25. The number of anilines is 3. The molecule has 0 unspecified atom stereocenters. The summed E-state index contributed by atoms with van der Waals surface area (Å²) in [4.78, 5) is 13.4. The SMILES string of the molecule is Cc1ccc(Nc2cc(-c3ccccn3)nc(NCCCO)n2)cc1Cl. The number of aromatic nitrogens is 3. The molecule has 1 aromatic carbocycles. The summed E-state index contributed by atoms with van der Waals surface area (Å²) in [5.74, 6) is 1.11. The third-order valence-electron chi connectivity index (χ3n) is 3.72. The third kappa shape index (κ3) is 4.68. The number of pyridine rings is 1. The Morgan fingerprint density at radius 3 is 2.69 bits per heavy atom. The highest BCUT2D eigenvalue weighted by molar-refractivity contribution is 6.31. The zero-order valence-corrected chi connectivity index (χ0v) is 15.2. The standard InChI is InChI=1S/C19H20ClN5O/c1-13-6-7-14(11-15(13)20)23-18-12-17(16-5-2-3-8-21-16)24-19(25-18)22-9-4-10-26/h2-3,5-8,11-12,26H,4,9-10H2,1H3,(H2,22,23,24,25). The van der Waals surface area contributed by atoms with E-state index in [0.717, 1.165) is 16.9 Å². The van der Waals surface area contributed by atoms with Gasteiger partial charge in [-0.3, -0.25) is 4.98 Å². The van der Waals surface area contributed by atoms with Crippen molar-refractivity contribution in [1.29, 1.82) is 0 Å². The predicted molar refractivity (Wildman–Crippen MR) is 105 cm³/mol. The smallest absolute Gasteiger partial charge is 0.225 e. The fraction of sp³-hybridized carbons (Fsp3) is 0.211. The highest BCUT2D eigenvalue weighted by Gasteiger charge is 2.08. The maximum absolute atomic E-state index is 8.96. The van der Waals surface area contributed by atoms with Crippen LogP contribution in [-0.4, -0.2) is 33.2 Å². The number of halogens is 1. The Bertz CT molecular complexity index is 873. The van der Waals surface area contributed by atoms with Crippen LogP contribution in [0.3, 0.4) is 0 Å². The van der Waals surface area contributed by atoms with E-state index >= 15 is 0 Å². The van der Waals surface area contributed by atoms with Crippen molar-refractivity contribution in [3.8, 4) is 11.4 Å². The van der Waals surface area contributed by atoms with Gasteiger partial charge in [0.15, 0.2) is 0 Å². The minimum Gasteiger partial charge on any atom is -0.396 e. The minimum absolute atomic E-state index is 0.111. The first-order valence-corrected chi connectivity index (χ1v) is 8.72. The fourth-order valence-corrected chi connectivity index (χ4v) is 2.51. The van der Waals surface area contributed by atoms with Crippen LogP contribution in [0, 0.1) is 6.92 Å². The van der Waals surface area contributed by atoms with E-state index in [-0.39, 0.29) is 6.61 Å². The van der Waals surface area contributed by atoms with Crippen LogP contribution in [0.4, 0.5) is 17.5 Å². The third-order valence-corrected chi connectivity index (χ3v) is 4.12. The lowest BCUT2D eigenvalue weighted by Crippen LogP contribution is -2.09. The predicted octanol–water partition coefficient (Wildman–Crippen LogP) is 4.04. The maximum Gasteiger partial charge on any atom is 0.225 e. The molecule has 0 aliphatic rings. The largest absolute Gasteiger partial charge is 0.396 e. The molecule has 0 atom stereocenters. The topological polar surface area (TPSA) is 83.0 Å². The maximum atomic E-state index is 8.96. The second-order valence-corrected chi connectivity index (χ2v) is 6.18.